The molecule has 1 aromatic carbocycles. The fourth-order valence-electron chi connectivity index (χ4n) is 6.25. The molecule has 0 bridgehead atoms. The van der Waals surface area contributed by atoms with Gasteiger partial charge >= 0.3 is 0 Å². The molecule has 200 valence electrons. The van der Waals surface area contributed by atoms with Crippen molar-refractivity contribution in [3.8, 4) is 0 Å². The molecule has 0 saturated carbocycles. The minimum Gasteiger partial charge on any atom is -0.398 e. The van der Waals surface area contributed by atoms with Gasteiger partial charge in [0, 0.05) is 40.8 Å². The normalized spacial score (nSPS) is 23.8. The van der Waals surface area contributed by atoms with E-state index in [1.54, 1.807) is 0 Å². The Labute approximate surface area is 224 Å². The van der Waals surface area contributed by atoms with Crippen molar-refractivity contribution in [1.82, 2.24) is 9.80 Å². The van der Waals surface area contributed by atoms with Crippen LogP contribution < -0.4 is 5.73 Å². The molecule has 37 heavy (non-hydrogen) atoms. The van der Waals surface area contributed by atoms with Gasteiger partial charge in [-0.05, 0) is 100 Å². The number of likely N-dealkylation sites (tertiary alicyclic amines) is 1. The Morgan fingerprint density at radius 3 is 2.11 bits per heavy atom. The van der Waals surface area contributed by atoms with Crippen LogP contribution in [0.25, 0.3) is 5.70 Å². The van der Waals surface area contributed by atoms with Crippen molar-refractivity contribution in [3.05, 3.63) is 63.8 Å². The molecule has 1 aliphatic carbocycles. The lowest BCUT2D eigenvalue weighted by molar-refractivity contribution is 0.0730. The van der Waals surface area contributed by atoms with Gasteiger partial charge in [-0.15, -0.1) is 0 Å². The average Bonchev–Trinajstić information content (AvgIpc) is 3.40. The van der Waals surface area contributed by atoms with Crippen molar-refractivity contribution in [2.75, 3.05) is 20.1 Å². The Hall–Kier alpha value is -2.66. The third kappa shape index (κ3) is 4.60. The summed E-state index contributed by atoms with van der Waals surface area (Å²) in [5, 5.41) is 8.67. The second-order valence-corrected chi connectivity index (χ2v) is 13.0. The Balaban J connectivity index is 1.90. The summed E-state index contributed by atoms with van der Waals surface area (Å²) < 4.78 is 0. The number of hydrogen-bond acceptors (Lipinski definition) is 3. The van der Waals surface area contributed by atoms with Crippen LogP contribution in [0.4, 0.5) is 0 Å². The van der Waals surface area contributed by atoms with E-state index in [0.29, 0.717) is 5.96 Å². The van der Waals surface area contributed by atoms with Crippen LogP contribution in [0.2, 0.25) is 0 Å². The molecule has 1 fully saturated rings. The summed E-state index contributed by atoms with van der Waals surface area (Å²) in [6, 6.07) is 4.75. The highest BCUT2D eigenvalue weighted by atomic mass is 15.3. The van der Waals surface area contributed by atoms with Gasteiger partial charge in [-0.3, -0.25) is 10.3 Å². The van der Waals surface area contributed by atoms with Gasteiger partial charge in [-0.2, -0.15) is 0 Å². The number of fused-ring (bicyclic) bond motifs is 2. The Morgan fingerprint density at radius 1 is 0.973 bits per heavy atom. The van der Waals surface area contributed by atoms with Gasteiger partial charge in [-0.25, -0.2) is 4.99 Å². The number of hydrogen-bond donors (Lipinski definition) is 2. The van der Waals surface area contributed by atoms with E-state index in [0.717, 1.165) is 54.0 Å². The van der Waals surface area contributed by atoms with Gasteiger partial charge in [-0.1, -0.05) is 45.9 Å². The van der Waals surface area contributed by atoms with E-state index in [2.05, 4.69) is 110 Å². The maximum atomic E-state index is 8.67. The first kappa shape index (κ1) is 27.4. The summed E-state index contributed by atoms with van der Waals surface area (Å²) >= 11 is 0. The summed E-state index contributed by atoms with van der Waals surface area (Å²) in [7, 11) is 2.22. The molecule has 5 nitrogen and oxygen atoms in total. The van der Waals surface area contributed by atoms with Gasteiger partial charge in [0.05, 0.1) is 5.71 Å². The lowest BCUT2D eigenvalue weighted by Crippen LogP contribution is -2.42. The van der Waals surface area contributed by atoms with Gasteiger partial charge in [0.1, 0.15) is 0 Å². The Morgan fingerprint density at radius 2 is 1.54 bits per heavy atom. The Kier molecular flexibility index (Phi) is 6.86. The number of nitrogens with one attached hydrogen (secondary N) is 1. The predicted molar refractivity (Wildman–Crippen MR) is 158 cm³/mol. The number of nitrogens with two attached hydrogens (primary N) is 1. The van der Waals surface area contributed by atoms with Crippen molar-refractivity contribution < 1.29 is 0 Å². The highest BCUT2D eigenvalue weighted by Crippen LogP contribution is 2.50. The molecule has 0 amide bonds. The van der Waals surface area contributed by atoms with Crippen LogP contribution in [-0.4, -0.2) is 41.6 Å². The van der Waals surface area contributed by atoms with Crippen LogP contribution in [-0.2, 0) is 16.5 Å². The zero-order valence-electron chi connectivity index (χ0n) is 24.7. The highest BCUT2D eigenvalue weighted by Gasteiger charge is 2.47. The van der Waals surface area contributed by atoms with Crippen molar-refractivity contribution >= 4 is 17.4 Å². The molecule has 1 aromatic rings. The monoisotopic (exact) mass is 501 g/mol. The molecule has 1 saturated heterocycles. The molecule has 4 rings (SSSR count). The van der Waals surface area contributed by atoms with Crippen molar-refractivity contribution in [3.63, 3.8) is 0 Å². The molecule has 0 atom stereocenters. The van der Waals surface area contributed by atoms with Gasteiger partial charge in [0.25, 0.3) is 0 Å². The maximum absolute atomic E-state index is 8.67. The summed E-state index contributed by atoms with van der Waals surface area (Å²) in [5.74, 6) is 0.554. The molecule has 3 N–H and O–H groups in total. The lowest BCUT2D eigenvalue weighted by atomic mass is 9.76. The molecular weight excluding hydrogens is 454 g/mol. The second kappa shape index (κ2) is 9.27. The molecule has 0 unspecified atom stereocenters. The number of allylic oxidation sites excluding steroid dienone is 5. The summed E-state index contributed by atoms with van der Waals surface area (Å²) in [6.45, 7) is 22.1. The molecule has 0 radical (unpaired) electrons. The summed E-state index contributed by atoms with van der Waals surface area (Å²) in [6.07, 6.45) is 8.90. The van der Waals surface area contributed by atoms with Crippen LogP contribution in [0, 0.1) is 11.3 Å². The minimum absolute atomic E-state index is 0.0721. The molecule has 0 aromatic heterocycles. The SMILES string of the molecule is CC1=C(C(=NC(=N)N2CCCC2)C(C)C)/C=C/C(C)(C)c2cc3c(cc2C(N)=C1)C(C)(C)N(C)C3(C)C. The second-order valence-electron chi connectivity index (χ2n) is 13.0. The minimum atomic E-state index is -0.245. The van der Waals surface area contributed by atoms with Crippen LogP contribution in [0.3, 0.4) is 0 Å². The summed E-state index contributed by atoms with van der Waals surface area (Å²) in [4.78, 5) is 9.45. The smallest absolute Gasteiger partial charge is 0.218 e. The molecule has 0 spiro atoms. The third-order valence-corrected chi connectivity index (χ3v) is 9.08. The zero-order valence-corrected chi connectivity index (χ0v) is 24.7. The fraction of sp³-hybridized carbons (Fsp3) is 0.562. The standard InChI is InChI=1S/C32H47N5/c1-20(2)28(35-29(34)37-15-11-12-16-37)22-13-14-30(4,5)24-19-26-25(18-23(24)27(33)17-21(22)3)31(6,7)36(10)32(26,8)9/h13-14,17-20,34H,11-12,15-16,33H2,1-10H3/b14-13+,22-21?,27-17?,34-29?,35-28?. The van der Waals surface area contributed by atoms with E-state index >= 15 is 0 Å². The Bertz CT molecular complexity index is 1230. The van der Waals surface area contributed by atoms with Crippen LogP contribution in [0.1, 0.15) is 97.4 Å². The summed E-state index contributed by atoms with van der Waals surface area (Å²) in [5.41, 5.74) is 15.5. The van der Waals surface area contributed by atoms with E-state index in [4.69, 9.17) is 16.1 Å². The molecule has 2 aliphatic heterocycles. The topological polar surface area (TPSA) is 68.7 Å². The molecular formula is C32H47N5. The molecule has 2 heterocycles. The van der Waals surface area contributed by atoms with Crippen molar-refractivity contribution in [2.45, 2.75) is 91.6 Å². The fourth-order valence-corrected chi connectivity index (χ4v) is 6.25. The van der Waals surface area contributed by atoms with Crippen LogP contribution in [0.15, 0.2) is 46.5 Å². The van der Waals surface area contributed by atoms with E-state index in [1.807, 2.05) is 0 Å². The first-order chi connectivity index (χ1) is 17.1. The number of guanidine groups is 1. The van der Waals surface area contributed by atoms with Crippen molar-refractivity contribution in [2.24, 2.45) is 16.6 Å². The predicted octanol–water partition coefficient (Wildman–Crippen LogP) is 6.69. The third-order valence-electron chi connectivity index (χ3n) is 9.08. The van der Waals surface area contributed by atoms with E-state index in [1.165, 1.54) is 16.7 Å². The first-order valence-electron chi connectivity index (χ1n) is 13.8. The lowest BCUT2D eigenvalue weighted by Gasteiger charge is -2.37. The quantitative estimate of drug-likeness (QED) is 0.350. The first-order valence-corrected chi connectivity index (χ1v) is 13.8. The number of benzene rings is 1. The van der Waals surface area contributed by atoms with E-state index in [-0.39, 0.29) is 22.4 Å². The molecule has 5 heteroatoms. The zero-order chi connectivity index (χ0) is 27.5. The molecule has 3 aliphatic rings. The largest absolute Gasteiger partial charge is 0.398 e. The maximum Gasteiger partial charge on any atom is 0.218 e. The van der Waals surface area contributed by atoms with E-state index < -0.39 is 0 Å². The highest BCUT2D eigenvalue weighted by molar-refractivity contribution is 6.10. The van der Waals surface area contributed by atoms with E-state index in [9.17, 15) is 0 Å². The number of rotatable bonds is 2. The van der Waals surface area contributed by atoms with Gasteiger partial charge in [0.15, 0.2) is 0 Å². The number of nitrogens with zero attached hydrogens (tertiary/aromatic N) is 3. The van der Waals surface area contributed by atoms with Gasteiger partial charge < -0.3 is 10.6 Å². The van der Waals surface area contributed by atoms with Crippen LogP contribution >= 0.6 is 0 Å². The number of aliphatic imine (C=N–C) groups is 1. The average molecular weight is 502 g/mol. The van der Waals surface area contributed by atoms with Crippen molar-refractivity contribution in [1.29, 1.82) is 5.41 Å². The van der Waals surface area contributed by atoms with Crippen LogP contribution in [0.5, 0.6) is 0 Å². The van der Waals surface area contributed by atoms with Gasteiger partial charge in [0.2, 0.25) is 5.96 Å².